The molecule has 0 aliphatic heterocycles. The van der Waals surface area contributed by atoms with Gasteiger partial charge in [0.1, 0.15) is 15.5 Å². The van der Waals surface area contributed by atoms with E-state index in [9.17, 15) is 4.79 Å². The fourth-order valence-corrected chi connectivity index (χ4v) is 2.40. The van der Waals surface area contributed by atoms with Crippen molar-refractivity contribution < 1.29 is 14.4 Å². The number of rotatable bonds is 2. The normalized spacial score (nSPS) is 10.4. The van der Waals surface area contributed by atoms with Crippen LogP contribution in [0.1, 0.15) is 15.2 Å². The predicted octanol–water partition coefficient (Wildman–Crippen LogP) is 1.64. The number of nitrogens with two attached hydrogens (primary N) is 1. The molecule has 16 heavy (non-hydrogen) atoms. The van der Waals surface area contributed by atoms with Crippen LogP contribution in [0.5, 0.6) is 5.75 Å². The van der Waals surface area contributed by atoms with Gasteiger partial charge in [-0.15, -0.1) is 11.3 Å². The van der Waals surface area contributed by atoms with E-state index in [1.165, 1.54) is 11.3 Å². The number of carbonyl (C=O) groups is 1. The zero-order chi connectivity index (χ0) is 11.7. The molecule has 0 aliphatic rings. The van der Waals surface area contributed by atoms with Crippen LogP contribution < -0.4 is 10.6 Å². The minimum absolute atomic E-state index is 0.432. The van der Waals surface area contributed by atoms with E-state index >= 15 is 0 Å². The van der Waals surface area contributed by atoms with Crippen LogP contribution in [0.3, 0.4) is 0 Å². The van der Waals surface area contributed by atoms with Crippen LogP contribution in [0.4, 0.5) is 0 Å². The van der Waals surface area contributed by atoms with Gasteiger partial charge in [-0.1, -0.05) is 0 Å². The van der Waals surface area contributed by atoms with E-state index in [2.05, 4.69) is 9.82 Å². The molecule has 0 aromatic carbocycles. The lowest BCUT2D eigenvalue weighted by molar-refractivity contribution is 0.0509. The van der Waals surface area contributed by atoms with Crippen LogP contribution >= 0.6 is 11.3 Å². The molecule has 0 spiro atoms. The quantitative estimate of drug-likeness (QED) is 0.805. The number of nitrogens with zero attached hydrogens (tertiary/aromatic N) is 1. The highest BCUT2D eigenvalue weighted by Gasteiger charge is 2.14. The molecule has 6 heteroatoms. The summed E-state index contributed by atoms with van der Waals surface area (Å²) in [5.74, 6) is 4.97. The van der Waals surface area contributed by atoms with E-state index < -0.39 is 5.97 Å². The number of fused-ring (bicyclic) bond motifs is 1. The molecule has 0 unspecified atom stereocenters. The van der Waals surface area contributed by atoms with Crippen molar-refractivity contribution in [2.45, 2.75) is 6.92 Å². The molecule has 2 heterocycles. The molecule has 0 saturated carbocycles. The van der Waals surface area contributed by atoms with E-state index in [1.54, 1.807) is 19.4 Å². The number of thiophene rings is 1. The lowest BCUT2D eigenvalue weighted by Gasteiger charge is -2.03. The van der Waals surface area contributed by atoms with Gasteiger partial charge in [0.25, 0.3) is 0 Å². The van der Waals surface area contributed by atoms with Gasteiger partial charge in [-0.3, -0.25) is 0 Å². The van der Waals surface area contributed by atoms with Crippen LogP contribution in [-0.2, 0) is 4.84 Å². The summed E-state index contributed by atoms with van der Waals surface area (Å²) in [5.41, 5.74) is 0.944. The fraction of sp³-hybridized carbons (Fsp3) is 0.200. The van der Waals surface area contributed by atoms with Gasteiger partial charge in [-0.2, -0.15) is 5.90 Å². The predicted molar refractivity (Wildman–Crippen MR) is 60.5 cm³/mol. The highest BCUT2D eigenvalue weighted by atomic mass is 32.1. The van der Waals surface area contributed by atoms with E-state index in [-0.39, 0.29) is 0 Å². The molecule has 2 aromatic heterocycles. The SMILES string of the molecule is COc1cnc2sc(C(=O)ON)cc2c1C. The second-order valence-electron chi connectivity index (χ2n) is 3.19. The van der Waals surface area contributed by atoms with Gasteiger partial charge in [-0.05, 0) is 13.0 Å². The fourth-order valence-electron chi connectivity index (χ4n) is 1.46. The summed E-state index contributed by atoms with van der Waals surface area (Å²) in [5, 5.41) is 0.879. The zero-order valence-corrected chi connectivity index (χ0v) is 9.63. The van der Waals surface area contributed by atoms with Gasteiger partial charge in [-0.25, -0.2) is 9.78 Å². The number of methoxy groups -OCH3 is 1. The largest absolute Gasteiger partial charge is 0.495 e. The molecule has 2 rings (SSSR count). The van der Waals surface area contributed by atoms with Crippen LogP contribution in [0.15, 0.2) is 12.3 Å². The Kier molecular flexibility index (Phi) is 2.76. The van der Waals surface area contributed by atoms with Crippen LogP contribution in [-0.4, -0.2) is 18.1 Å². The molecule has 5 nitrogen and oxygen atoms in total. The van der Waals surface area contributed by atoms with Gasteiger partial charge in [0, 0.05) is 10.9 Å². The Morgan fingerprint density at radius 2 is 2.31 bits per heavy atom. The van der Waals surface area contributed by atoms with Gasteiger partial charge in [0.05, 0.1) is 13.3 Å². The zero-order valence-electron chi connectivity index (χ0n) is 8.81. The number of carbonyl (C=O) groups excluding carboxylic acids is 1. The van der Waals surface area contributed by atoms with E-state index in [1.807, 2.05) is 6.92 Å². The topological polar surface area (TPSA) is 74.4 Å². The maximum absolute atomic E-state index is 11.3. The Bertz CT molecular complexity index is 550. The smallest absolute Gasteiger partial charge is 0.366 e. The average molecular weight is 238 g/mol. The molecule has 0 aliphatic carbocycles. The summed E-state index contributed by atoms with van der Waals surface area (Å²) in [6, 6.07) is 1.71. The van der Waals surface area contributed by atoms with Gasteiger partial charge in [0.15, 0.2) is 0 Å². The first-order chi connectivity index (χ1) is 7.67. The standard InChI is InChI=1S/C10H10N2O3S/c1-5-6-3-8(10(13)15-11)16-9(6)12-4-7(5)14-2/h3-4H,11H2,1-2H3. The second-order valence-corrected chi connectivity index (χ2v) is 4.22. The monoisotopic (exact) mass is 238 g/mol. The third-order valence-corrected chi connectivity index (χ3v) is 3.34. The first kappa shape index (κ1) is 10.8. The first-order valence-electron chi connectivity index (χ1n) is 4.51. The lowest BCUT2D eigenvalue weighted by Crippen LogP contribution is -2.07. The van der Waals surface area contributed by atoms with Gasteiger partial charge < -0.3 is 9.57 Å². The van der Waals surface area contributed by atoms with Crippen molar-refractivity contribution in [1.82, 2.24) is 4.98 Å². The number of aryl methyl sites for hydroxylation is 1. The number of pyridine rings is 1. The molecule has 0 fully saturated rings. The highest BCUT2D eigenvalue weighted by molar-refractivity contribution is 7.20. The molecule has 0 radical (unpaired) electrons. The number of hydrogen-bond acceptors (Lipinski definition) is 6. The molecule has 2 aromatic rings. The number of aromatic nitrogens is 1. The molecule has 0 saturated heterocycles. The third kappa shape index (κ3) is 1.62. The summed E-state index contributed by atoms with van der Waals surface area (Å²) in [4.78, 5) is 20.8. The van der Waals surface area contributed by atoms with Crippen LogP contribution in [0.2, 0.25) is 0 Å². The highest BCUT2D eigenvalue weighted by Crippen LogP contribution is 2.31. The van der Waals surface area contributed by atoms with Gasteiger partial charge >= 0.3 is 5.97 Å². The maximum atomic E-state index is 11.3. The van der Waals surface area contributed by atoms with Crippen molar-refractivity contribution in [3.8, 4) is 5.75 Å². The molecule has 0 atom stereocenters. The molecule has 84 valence electrons. The molecule has 0 bridgehead atoms. The summed E-state index contributed by atoms with van der Waals surface area (Å²) >= 11 is 1.24. The number of hydrogen-bond donors (Lipinski definition) is 1. The minimum atomic E-state index is -0.554. The van der Waals surface area contributed by atoms with Crippen molar-refractivity contribution in [2.75, 3.05) is 7.11 Å². The molecule has 0 amide bonds. The van der Waals surface area contributed by atoms with Crippen molar-refractivity contribution in [3.05, 3.63) is 22.7 Å². The Hall–Kier alpha value is -1.66. The summed E-state index contributed by atoms with van der Waals surface area (Å²) in [7, 11) is 1.58. The molecular weight excluding hydrogens is 228 g/mol. The Balaban J connectivity index is 2.62. The van der Waals surface area contributed by atoms with Gasteiger partial charge in [0.2, 0.25) is 0 Å². The first-order valence-corrected chi connectivity index (χ1v) is 5.33. The maximum Gasteiger partial charge on any atom is 0.366 e. The minimum Gasteiger partial charge on any atom is -0.495 e. The summed E-state index contributed by atoms with van der Waals surface area (Å²) in [6.07, 6.45) is 1.63. The second kappa shape index (κ2) is 4.07. The van der Waals surface area contributed by atoms with Crippen molar-refractivity contribution >= 4 is 27.5 Å². The Morgan fingerprint density at radius 1 is 1.56 bits per heavy atom. The molecular formula is C10H10N2O3S. The van der Waals surface area contributed by atoms with Crippen molar-refractivity contribution in [3.63, 3.8) is 0 Å². The Morgan fingerprint density at radius 3 is 2.94 bits per heavy atom. The van der Waals surface area contributed by atoms with E-state index in [0.29, 0.717) is 10.6 Å². The molecule has 2 N–H and O–H groups in total. The summed E-state index contributed by atoms with van der Waals surface area (Å²) in [6.45, 7) is 1.91. The number of ether oxygens (including phenoxy) is 1. The Labute approximate surface area is 95.8 Å². The van der Waals surface area contributed by atoms with E-state index in [0.717, 1.165) is 15.8 Å². The van der Waals surface area contributed by atoms with E-state index in [4.69, 9.17) is 10.6 Å². The van der Waals surface area contributed by atoms with Crippen molar-refractivity contribution in [2.24, 2.45) is 5.90 Å². The third-order valence-electron chi connectivity index (χ3n) is 2.31. The van der Waals surface area contributed by atoms with Crippen LogP contribution in [0, 0.1) is 6.92 Å². The van der Waals surface area contributed by atoms with Crippen LogP contribution in [0.25, 0.3) is 10.2 Å². The van der Waals surface area contributed by atoms with Crippen molar-refractivity contribution in [1.29, 1.82) is 0 Å². The summed E-state index contributed by atoms with van der Waals surface area (Å²) < 4.78 is 5.15. The lowest BCUT2D eigenvalue weighted by atomic mass is 10.2. The average Bonchev–Trinajstić information content (AvgIpc) is 2.73.